The van der Waals surface area contributed by atoms with E-state index in [1.807, 2.05) is 0 Å². The van der Waals surface area contributed by atoms with Gasteiger partial charge in [0.05, 0.1) is 24.8 Å². The van der Waals surface area contributed by atoms with Crippen molar-refractivity contribution in [2.45, 2.75) is 4.90 Å². The summed E-state index contributed by atoms with van der Waals surface area (Å²) in [6.45, 7) is 0. The van der Waals surface area contributed by atoms with Gasteiger partial charge in [-0.05, 0) is 30.3 Å². The first kappa shape index (κ1) is 20.4. The van der Waals surface area contributed by atoms with Gasteiger partial charge in [0.2, 0.25) is 0 Å². The van der Waals surface area contributed by atoms with E-state index in [1.54, 1.807) is 0 Å². The molecule has 0 bridgehead atoms. The molecule has 2 aromatic carbocycles. The van der Waals surface area contributed by atoms with E-state index < -0.39 is 10.1 Å². The van der Waals surface area contributed by atoms with E-state index in [1.165, 1.54) is 50.6 Å². The Morgan fingerprint density at radius 1 is 0.958 bits per heavy atom. The number of hydrogen-bond acceptors (Lipinski definition) is 7. The van der Waals surface area contributed by atoms with Crippen LogP contribution in [0.25, 0.3) is 0 Å². The molecule has 0 aliphatic rings. The minimum atomic E-state index is -4.25. The average Bonchev–Trinajstić information content (AvgIpc) is 2.52. The Bertz CT molecular complexity index is 837. The summed E-state index contributed by atoms with van der Waals surface area (Å²) in [6.07, 6.45) is 0. The minimum absolute atomic E-state index is 0. The predicted octanol–water partition coefficient (Wildman–Crippen LogP) is -0.557. The molecule has 8 nitrogen and oxygen atoms in total. The molecule has 0 fully saturated rings. The van der Waals surface area contributed by atoms with Gasteiger partial charge in [-0.1, -0.05) is 11.8 Å². The number of benzene rings is 2. The van der Waals surface area contributed by atoms with Gasteiger partial charge in [0.25, 0.3) is 10.1 Å². The normalized spacial score (nSPS) is 11.1. The molecule has 0 aliphatic heterocycles. The maximum Gasteiger partial charge on any atom is 1.00 e. The van der Waals surface area contributed by atoms with Crippen LogP contribution in [0.3, 0.4) is 0 Å². The topological polar surface area (TPSA) is 121 Å². The van der Waals surface area contributed by atoms with Crippen LogP contribution in [0.4, 0.5) is 11.4 Å². The number of azo groups is 1. The molecule has 0 amide bonds. The first-order valence-electron chi connectivity index (χ1n) is 6.28. The third-order valence-electron chi connectivity index (χ3n) is 2.87. The molecule has 0 atom stereocenters. The quantitative estimate of drug-likeness (QED) is 0.434. The number of methoxy groups -OCH3 is 2. The molecular formula is C14H13N2NaO6S. The second-order valence-corrected chi connectivity index (χ2v) is 5.74. The van der Waals surface area contributed by atoms with Gasteiger partial charge in [0.1, 0.15) is 5.69 Å². The van der Waals surface area contributed by atoms with Gasteiger partial charge in [-0.3, -0.25) is 4.55 Å². The maximum atomic E-state index is 11.6. The second kappa shape index (κ2) is 8.45. The van der Waals surface area contributed by atoms with Crippen molar-refractivity contribution in [2.24, 2.45) is 10.2 Å². The molecule has 1 N–H and O–H groups in total. The van der Waals surface area contributed by atoms with E-state index in [0.29, 0.717) is 5.69 Å². The summed E-state index contributed by atoms with van der Waals surface area (Å²) in [7, 11) is -1.54. The van der Waals surface area contributed by atoms with Crippen molar-refractivity contribution in [3.8, 4) is 17.2 Å². The number of nitrogens with zero attached hydrogens (tertiary/aromatic N) is 2. The molecule has 0 aromatic heterocycles. The van der Waals surface area contributed by atoms with Crippen LogP contribution < -0.4 is 44.1 Å². The smallest absolute Gasteiger partial charge is 0.870 e. The Labute approximate surface area is 161 Å². The Morgan fingerprint density at radius 2 is 1.54 bits per heavy atom. The molecule has 0 radical (unpaired) electrons. The molecule has 0 saturated carbocycles. The zero-order chi connectivity index (χ0) is 17.0. The van der Waals surface area contributed by atoms with E-state index in [9.17, 15) is 13.5 Å². The van der Waals surface area contributed by atoms with E-state index in [-0.39, 0.29) is 57.4 Å². The first-order chi connectivity index (χ1) is 10.9. The average molecular weight is 360 g/mol. The van der Waals surface area contributed by atoms with Crippen LogP contribution in [0.15, 0.2) is 51.5 Å². The summed E-state index contributed by atoms with van der Waals surface area (Å²) in [5.74, 6) is -0.176. The zero-order valence-corrected chi connectivity index (χ0v) is 16.1. The van der Waals surface area contributed by atoms with Gasteiger partial charge < -0.3 is 14.6 Å². The molecule has 122 valence electrons. The number of ether oxygens (including phenoxy) is 2. The second-order valence-electron chi connectivity index (χ2n) is 4.32. The van der Waals surface area contributed by atoms with Crippen molar-refractivity contribution in [1.29, 1.82) is 0 Å². The molecule has 0 spiro atoms. The van der Waals surface area contributed by atoms with E-state index >= 15 is 0 Å². The summed E-state index contributed by atoms with van der Waals surface area (Å²) in [6, 6.07) is 7.85. The summed E-state index contributed by atoms with van der Waals surface area (Å²) >= 11 is 0. The van der Waals surface area contributed by atoms with Crippen molar-refractivity contribution in [2.75, 3.05) is 14.2 Å². The van der Waals surface area contributed by atoms with E-state index in [4.69, 9.17) is 14.0 Å². The Kier molecular flexibility index (Phi) is 7.18. The zero-order valence-electron chi connectivity index (χ0n) is 13.3. The molecule has 2 aromatic rings. The third-order valence-corrected chi connectivity index (χ3v) is 3.74. The van der Waals surface area contributed by atoms with Crippen LogP contribution in [0.1, 0.15) is 0 Å². The Morgan fingerprint density at radius 3 is 2.04 bits per heavy atom. The van der Waals surface area contributed by atoms with E-state index in [0.717, 1.165) is 0 Å². The van der Waals surface area contributed by atoms with Crippen molar-refractivity contribution in [3.63, 3.8) is 0 Å². The maximum absolute atomic E-state index is 11.6. The molecule has 0 unspecified atom stereocenters. The van der Waals surface area contributed by atoms with Crippen molar-refractivity contribution < 1.29 is 57.1 Å². The van der Waals surface area contributed by atoms with Gasteiger partial charge in [-0.15, -0.1) is 5.11 Å². The number of hydrogen-bond donors (Lipinski definition) is 1. The fourth-order valence-corrected chi connectivity index (χ4v) is 2.28. The molecular weight excluding hydrogens is 347 g/mol. The summed E-state index contributed by atoms with van der Waals surface area (Å²) in [4.78, 5) is -0.244. The van der Waals surface area contributed by atoms with Crippen molar-refractivity contribution in [1.82, 2.24) is 0 Å². The monoisotopic (exact) mass is 360 g/mol. The largest absolute Gasteiger partial charge is 1.00 e. The summed E-state index contributed by atoms with van der Waals surface area (Å²) < 4.78 is 40.9. The van der Waals surface area contributed by atoms with Gasteiger partial charge in [0, 0.05) is 0 Å². The molecule has 2 rings (SSSR count). The SMILES string of the molecule is COc1c([O-])ccc(N=Nc2ccc(S(=O)(=O)O)cc2)c1OC.[Na+]. The molecule has 0 saturated heterocycles. The van der Waals surface area contributed by atoms with Crippen molar-refractivity contribution >= 4 is 21.5 Å². The minimum Gasteiger partial charge on any atom is -0.870 e. The van der Waals surface area contributed by atoms with Crippen molar-refractivity contribution in [3.05, 3.63) is 36.4 Å². The third kappa shape index (κ3) is 4.68. The van der Waals surface area contributed by atoms with Gasteiger partial charge >= 0.3 is 29.6 Å². The predicted molar refractivity (Wildman–Crippen MR) is 79.4 cm³/mol. The first-order valence-corrected chi connectivity index (χ1v) is 7.72. The van der Waals surface area contributed by atoms with Crippen LogP contribution in [-0.2, 0) is 10.1 Å². The molecule has 24 heavy (non-hydrogen) atoms. The number of rotatable bonds is 5. The fourth-order valence-electron chi connectivity index (χ4n) is 1.80. The van der Waals surface area contributed by atoms with Crippen LogP contribution in [-0.4, -0.2) is 27.2 Å². The van der Waals surface area contributed by atoms with Crippen LogP contribution in [0.5, 0.6) is 17.2 Å². The Hall–Kier alpha value is -1.65. The van der Waals surface area contributed by atoms with Crippen LogP contribution in [0, 0.1) is 0 Å². The Balaban J connectivity index is 0.00000288. The fraction of sp³-hybridized carbons (Fsp3) is 0.143. The summed E-state index contributed by atoms with van der Waals surface area (Å²) in [5.41, 5.74) is 0.632. The van der Waals surface area contributed by atoms with Gasteiger partial charge in [-0.2, -0.15) is 13.5 Å². The van der Waals surface area contributed by atoms with Crippen LogP contribution in [0.2, 0.25) is 0 Å². The standard InChI is InChI=1S/C14H14N2O6S.Na/c1-21-13-11(7-8-12(17)14(13)22-2)16-15-9-3-5-10(6-4-9)23(18,19)20;/h3-8,17H,1-2H3,(H,18,19,20);/q;+1/p-1. The van der Waals surface area contributed by atoms with Crippen LogP contribution >= 0.6 is 0 Å². The molecule has 0 heterocycles. The molecule has 0 aliphatic carbocycles. The molecule has 10 heteroatoms. The van der Waals surface area contributed by atoms with Gasteiger partial charge in [0.15, 0.2) is 11.5 Å². The summed E-state index contributed by atoms with van der Waals surface area (Å²) in [5, 5.41) is 19.5. The van der Waals surface area contributed by atoms with E-state index in [2.05, 4.69) is 10.2 Å². The van der Waals surface area contributed by atoms with Gasteiger partial charge in [-0.25, -0.2) is 0 Å².